The van der Waals surface area contributed by atoms with E-state index >= 15 is 0 Å². The summed E-state index contributed by atoms with van der Waals surface area (Å²) in [4.78, 5) is 54.7. The maximum atomic E-state index is 13.7. The van der Waals surface area contributed by atoms with Gasteiger partial charge in [0.2, 0.25) is 5.91 Å². The van der Waals surface area contributed by atoms with Crippen LogP contribution >= 0.6 is 23.1 Å². The number of thioether (sulfide) groups is 1. The van der Waals surface area contributed by atoms with Gasteiger partial charge in [-0.05, 0) is 60.2 Å². The van der Waals surface area contributed by atoms with Crippen molar-refractivity contribution in [2.24, 2.45) is 0 Å². The van der Waals surface area contributed by atoms with Crippen LogP contribution in [0.3, 0.4) is 0 Å². The van der Waals surface area contributed by atoms with E-state index in [1.54, 1.807) is 17.8 Å². The number of anilines is 1. The summed E-state index contributed by atoms with van der Waals surface area (Å²) in [5.41, 5.74) is 7.21. The van der Waals surface area contributed by atoms with Crippen molar-refractivity contribution in [1.29, 1.82) is 0 Å². The number of nitrogen functional groups attached to an aromatic ring is 1. The van der Waals surface area contributed by atoms with E-state index in [4.69, 9.17) is 28.2 Å². The highest BCUT2D eigenvalue weighted by molar-refractivity contribution is 8.00. The van der Waals surface area contributed by atoms with Gasteiger partial charge in [0.05, 0.1) is 26.0 Å². The second-order valence-corrected chi connectivity index (χ2v) is 31.4. The van der Waals surface area contributed by atoms with E-state index in [-0.39, 0.29) is 52.8 Å². The molecule has 18 nitrogen and oxygen atoms in total. The molecule has 336 valence electrons. The molecular weight excluding hydrogens is 881 g/mol. The van der Waals surface area contributed by atoms with Crippen molar-refractivity contribution in [3.8, 4) is 0 Å². The third kappa shape index (κ3) is 9.94. The number of rotatable bonds is 16. The number of thiophene rings is 1. The molecule has 3 aromatic heterocycles. The van der Waals surface area contributed by atoms with Gasteiger partial charge >= 0.3 is 16.3 Å². The first-order valence-corrected chi connectivity index (χ1v) is 29.2. The molecule has 23 heteroatoms. The molecule has 0 spiro atoms. The fourth-order valence-electron chi connectivity index (χ4n) is 6.60. The third-order valence-corrected chi connectivity index (χ3v) is 24.1. The predicted molar refractivity (Wildman–Crippen MR) is 237 cm³/mol. The van der Waals surface area contributed by atoms with Gasteiger partial charge in [-0.15, -0.1) is 23.1 Å². The smallest absolute Gasteiger partial charge is 0.355 e. The molecule has 6 heterocycles. The summed E-state index contributed by atoms with van der Waals surface area (Å²) in [7, 11) is -9.63. The molecule has 0 aliphatic carbocycles. The van der Waals surface area contributed by atoms with Crippen LogP contribution in [0.2, 0.25) is 36.3 Å². The minimum Gasteiger partial charge on any atom is -0.461 e. The Morgan fingerprint density at radius 1 is 1.03 bits per heavy atom. The topological polar surface area (TPSA) is 228 Å². The highest BCUT2D eigenvalue weighted by atomic mass is 32.2. The summed E-state index contributed by atoms with van der Waals surface area (Å²) in [6, 6.07) is 2.83. The molecular formula is C38H58N8O10S3Si2. The average Bonchev–Trinajstić information content (AvgIpc) is 3.91. The van der Waals surface area contributed by atoms with E-state index in [9.17, 15) is 22.8 Å². The van der Waals surface area contributed by atoms with Crippen LogP contribution in [-0.2, 0) is 53.6 Å². The molecule has 0 saturated carbocycles. The highest BCUT2D eigenvalue weighted by Crippen LogP contribution is 2.46. The minimum atomic E-state index is -4.51. The Morgan fingerprint density at radius 3 is 2.33 bits per heavy atom. The van der Waals surface area contributed by atoms with Crippen LogP contribution in [0.1, 0.15) is 59.6 Å². The van der Waals surface area contributed by atoms with Crippen molar-refractivity contribution in [3.05, 3.63) is 46.3 Å². The number of amides is 2. The van der Waals surface area contributed by atoms with Crippen molar-refractivity contribution in [1.82, 2.24) is 34.5 Å². The summed E-state index contributed by atoms with van der Waals surface area (Å²) in [6.07, 6.45) is -0.325. The van der Waals surface area contributed by atoms with Gasteiger partial charge in [0.25, 0.3) is 5.91 Å². The number of esters is 1. The molecule has 4 N–H and O–H groups in total. The first kappa shape index (κ1) is 47.2. The monoisotopic (exact) mass is 938 g/mol. The molecule has 6 atom stereocenters. The van der Waals surface area contributed by atoms with E-state index in [1.807, 2.05) is 17.5 Å². The number of carbonyl (C=O) groups excluding carboxylic acids is 3. The first-order chi connectivity index (χ1) is 28.4. The molecule has 2 saturated heterocycles. The number of ether oxygens (including phenoxy) is 2. The Morgan fingerprint density at radius 2 is 1.70 bits per heavy atom. The lowest BCUT2D eigenvalue weighted by atomic mass is 10.0. The third-order valence-electron chi connectivity index (χ3n) is 12.0. The molecule has 0 radical (unpaired) electrons. The fraction of sp³-hybridized carbons (Fsp3) is 0.632. The summed E-state index contributed by atoms with van der Waals surface area (Å²) in [5, 5.41) is 3.64. The summed E-state index contributed by atoms with van der Waals surface area (Å²) in [6.45, 7) is 22.0. The fourth-order valence-corrected chi connectivity index (χ4v) is 12.0. The second kappa shape index (κ2) is 17.7. The van der Waals surface area contributed by atoms with Crippen molar-refractivity contribution in [2.45, 2.75) is 127 Å². The SMILES string of the molecule is CCOC(=O)C1=C(CNS(=O)(=O)OC[C@H]2O[C@@H](n3cnc4c(N)ncnc43)C(O[Si](C)(C)C(C)(C)C)C2O[Si](C)(C)C(C)(C)C)CS[C@@H]2[C@H](NC(=O)Cc3cccs3)C(=O)N12. The lowest BCUT2D eigenvalue weighted by molar-refractivity contribution is -0.152. The lowest BCUT2D eigenvalue weighted by Crippen LogP contribution is -2.70. The second-order valence-electron chi connectivity index (χ2n) is 18.3. The van der Waals surface area contributed by atoms with Crippen LogP contribution in [-0.4, -0.2) is 122 Å². The highest BCUT2D eigenvalue weighted by Gasteiger charge is 2.56. The number of aromatic nitrogens is 4. The molecule has 2 fully saturated rings. The number of imidazole rings is 1. The largest absolute Gasteiger partial charge is 0.461 e. The van der Waals surface area contributed by atoms with Crippen molar-refractivity contribution < 1.29 is 45.3 Å². The molecule has 3 aliphatic rings. The van der Waals surface area contributed by atoms with Gasteiger partial charge in [0, 0.05) is 17.2 Å². The van der Waals surface area contributed by atoms with Gasteiger partial charge in [-0.1, -0.05) is 47.6 Å². The summed E-state index contributed by atoms with van der Waals surface area (Å²) in [5.74, 6) is -1.22. The van der Waals surface area contributed by atoms with E-state index in [1.165, 1.54) is 34.3 Å². The van der Waals surface area contributed by atoms with Crippen LogP contribution in [0.15, 0.2) is 41.4 Å². The summed E-state index contributed by atoms with van der Waals surface area (Å²) < 4.78 is 63.5. The maximum Gasteiger partial charge on any atom is 0.355 e. The predicted octanol–water partition coefficient (Wildman–Crippen LogP) is 4.46. The molecule has 0 bridgehead atoms. The average molecular weight is 939 g/mol. The van der Waals surface area contributed by atoms with Crippen molar-refractivity contribution in [3.63, 3.8) is 0 Å². The Bertz CT molecular complexity index is 2260. The Labute approximate surface area is 367 Å². The normalized spacial score (nSPS) is 23.9. The van der Waals surface area contributed by atoms with E-state index in [2.05, 4.69) is 92.7 Å². The number of hydrogen-bond acceptors (Lipinski definition) is 16. The molecule has 3 aliphatic heterocycles. The summed E-state index contributed by atoms with van der Waals surface area (Å²) >= 11 is 2.74. The number of nitrogens with one attached hydrogen (secondary N) is 2. The number of nitrogens with zero attached hydrogens (tertiary/aromatic N) is 5. The van der Waals surface area contributed by atoms with Crippen LogP contribution in [0.5, 0.6) is 0 Å². The number of nitrogens with two attached hydrogens (primary N) is 1. The maximum absolute atomic E-state index is 13.7. The Balaban J connectivity index is 1.24. The van der Waals surface area contributed by atoms with Gasteiger partial charge in [-0.25, -0.2) is 19.7 Å². The zero-order valence-corrected chi connectivity index (χ0v) is 41.0. The quantitative estimate of drug-likeness (QED) is 0.102. The van der Waals surface area contributed by atoms with Gasteiger partial charge in [0.15, 0.2) is 34.3 Å². The van der Waals surface area contributed by atoms with Crippen molar-refractivity contribution in [2.75, 3.05) is 31.2 Å². The lowest BCUT2D eigenvalue weighted by Gasteiger charge is -2.49. The zero-order valence-electron chi connectivity index (χ0n) is 36.5. The van der Waals surface area contributed by atoms with Crippen LogP contribution in [0.4, 0.5) is 5.82 Å². The number of carbonyl (C=O) groups is 3. The van der Waals surface area contributed by atoms with E-state index in [0.717, 1.165) is 4.88 Å². The van der Waals surface area contributed by atoms with Gasteiger partial charge < -0.3 is 29.4 Å². The molecule has 2 amide bonds. The molecule has 0 aromatic carbocycles. The van der Waals surface area contributed by atoms with Crippen LogP contribution in [0, 0.1) is 0 Å². The minimum absolute atomic E-state index is 0.0289. The van der Waals surface area contributed by atoms with E-state index < -0.39 is 81.4 Å². The van der Waals surface area contributed by atoms with Gasteiger partial charge in [0.1, 0.15) is 47.3 Å². The zero-order chi connectivity index (χ0) is 44.9. The van der Waals surface area contributed by atoms with Crippen molar-refractivity contribution >= 4 is 84.8 Å². The molecule has 61 heavy (non-hydrogen) atoms. The standard InChI is InChI=1S/C38H58N8O10S3Si2/c1-12-52-36(49)28-22(19-58-35-27(33(48)46(28)35)44-25(47)16-23-14-13-15-57-23)17-43-59(50,51)53-18-24-29(55-60(8,9)37(2,3)4)30(56-61(10,11)38(5,6)7)34(54-24)45-21-42-26-31(39)40-20-41-32(26)45/h13-15,20-21,24,27,29-30,34-35,43H,12,16-19H2,1-11H3,(H,44,47)(H2,39,40,41)/t24-,27-,29?,30?,34-,35-/m1/s1. The Kier molecular flexibility index (Phi) is 13.7. The number of β-lactam (4-membered cyclic amide) rings is 1. The number of fused-ring (bicyclic) bond motifs is 2. The molecule has 3 aromatic rings. The van der Waals surface area contributed by atoms with Crippen LogP contribution in [0.25, 0.3) is 11.2 Å². The van der Waals surface area contributed by atoms with Crippen LogP contribution < -0.4 is 15.8 Å². The molecule has 2 unspecified atom stereocenters. The van der Waals surface area contributed by atoms with E-state index in [0.29, 0.717) is 16.7 Å². The Hall–Kier alpha value is -3.27. The molecule has 6 rings (SSSR count). The first-order valence-electron chi connectivity index (χ1n) is 20.1. The van der Waals surface area contributed by atoms with Gasteiger partial charge in [-0.2, -0.15) is 13.1 Å². The number of hydrogen-bond donors (Lipinski definition) is 3. The van der Waals surface area contributed by atoms with Gasteiger partial charge in [-0.3, -0.25) is 23.2 Å².